The van der Waals surface area contributed by atoms with Crippen LogP contribution in [0.25, 0.3) is 0 Å². The molecule has 0 atom stereocenters. The molecule has 0 spiro atoms. The first-order chi connectivity index (χ1) is 4.71. The zero-order valence-corrected chi connectivity index (χ0v) is 9.52. The molecule has 0 heterocycles. The second kappa shape index (κ2) is 5.77. The summed E-state index contributed by atoms with van der Waals surface area (Å²) < 4.78 is 29.1. The van der Waals surface area contributed by atoms with Crippen LogP contribution in [0.15, 0.2) is 0 Å². The molecule has 70 valence electrons. The predicted molar refractivity (Wildman–Crippen MR) is 56.1 cm³/mol. The molecule has 0 unspecified atom stereocenters. The summed E-state index contributed by atoms with van der Waals surface area (Å²) in [5.41, 5.74) is 0.178. The predicted octanol–water partition coefficient (Wildman–Crippen LogP) is 0.164. The van der Waals surface area contributed by atoms with Crippen molar-refractivity contribution in [3.8, 4) is 0 Å². The molecule has 0 aromatic heterocycles. The molecule has 0 radical (unpaired) electrons. The van der Waals surface area contributed by atoms with E-state index < -0.39 is 18.2 Å². The van der Waals surface area contributed by atoms with Gasteiger partial charge in [0.15, 0.2) is 8.67 Å². The first-order valence-corrected chi connectivity index (χ1v) is 8.00. The summed E-state index contributed by atoms with van der Waals surface area (Å²) in [4.78, 5) is 0. The molecule has 0 aliphatic carbocycles. The van der Waals surface area contributed by atoms with Crippen LogP contribution >= 0.6 is 0 Å². The minimum atomic E-state index is -3.61. The quantitative estimate of drug-likeness (QED) is 0.545. The van der Waals surface area contributed by atoms with E-state index in [1.54, 1.807) is 0 Å². The third kappa shape index (κ3) is 13.7. The molecule has 0 aliphatic heterocycles. The van der Waals surface area contributed by atoms with Crippen LogP contribution in [0, 0.1) is 5.41 Å². The summed E-state index contributed by atoms with van der Waals surface area (Å²) in [5.74, 6) is 0. The van der Waals surface area contributed by atoms with Gasteiger partial charge in [0, 0.05) is 0 Å². The minimum absolute atomic E-state index is 0. The Labute approximate surface area is 98.8 Å². The molecule has 3 nitrogen and oxygen atoms in total. The van der Waals surface area contributed by atoms with Gasteiger partial charge in [0.25, 0.3) is 0 Å². The van der Waals surface area contributed by atoms with E-state index in [4.69, 9.17) is 4.55 Å². The van der Waals surface area contributed by atoms with Crippen molar-refractivity contribution in [1.29, 1.82) is 0 Å². The molecule has 6 heteroatoms. The molecule has 0 aromatic carbocycles. The normalized spacial score (nSPS) is 13.3. The van der Waals surface area contributed by atoms with Gasteiger partial charge in [0.2, 0.25) is 9.57 Å². The Bertz CT molecular complexity index is 207. The van der Waals surface area contributed by atoms with Gasteiger partial charge < -0.3 is 0 Å². The second-order valence-electron chi connectivity index (χ2n) is 3.95. The molecule has 0 saturated carbocycles. The average Bonchev–Trinajstić information content (AvgIpc) is 1.55. The first kappa shape index (κ1) is 15.6. The van der Waals surface area contributed by atoms with E-state index in [2.05, 4.69) is 20.8 Å². The average molecular weight is 220 g/mol. The van der Waals surface area contributed by atoms with Crippen LogP contribution in [0.2, 0.25) is 6.04 Å². The standard InChI is InChI=1S/C6H16O3SSi.Na.H/c1-6(2,3)4-5-11-10(7,8)9;;/h4-5,11H2,1-3H3,(H,7,8,9);;. The van der Waals surface area contributed by atoms with Crippen molar-refractivity contribution in [2.45, 2.75) is 33.2 Å². The zero-order valence-electron chi connectivity index (χ0n) is 7.29. The van der Waals surface area contributed by atoms with E-state index >= 15 is 0 Å². The molecule has 12 heavy (non-hydrogen) atoms. The number of hydrogen-bond acceptors (Lipinski definition) is 2. The van der Waals surface area contributed by atoms with Crippen molar-refractivity contribution in [2.24, 2.45) is 5.41 Å². The van der Waals surface area contributed by atoms with E-state index in [0.717, 1.165) is 6.42 Å². The van der Waals surface area contributed by atoms with Crippen molar-refractivity contribution in [3.63, 3.8) is 0 Å². The van der Waals surface area contributed by atoms with Crippen LogP contribution in [0.4, 0.5) is 0 Å². The van der Waals surface area contributed by atoms with E-state index in [1.165, 1.54) is 0 Å². The van der Waals surface area contributed by atoms with Gasteiger partial charge in [-0.05, 0) is 11.5 Å². The maximum absolute atomic E-state index is 10.3. The van der Waals surface area contributed by atoms with Crippen LogP contribution < -0.4 is 0 Å². The first-order valence-electron chi connectivity index (χ1n) is 3.66. The number of rotatable bonds is 3. The second-order valence-corrected chi connectivity index (χ2v) is 9.64. The molecular weight excluding hydrogens is 203 g/mol. The van der Waals surface area contributed by atoms with Gasteiger partial charge >= 0.3 is 29.6 Å². The fourth-order valence-corrected chi connectivity index (χ4v) is 3.88. The molecule has 0 fully saturated rings. The Morgan fingerprint density at radius 2 is 1.75 bits per heavy atom. The molecule has 1 N–H and O–H groups in total. The Morgan fingerprint density at radius 3 is 2.00 bits per heavy atom. The Balaban J connectivity index is 0. The molecular formula is C6H17NaO3SSi. The van der Waals surface area contributed by atoms with Crippen molar-refractivity contribution in [2.75, 3.05) is 0 Å². The van der Waals surface area contributed by atoms with Crippen molar-refractivity contribution >= 4 is 47.8 Å². The van der Waals surface area contributed by atoms with Gasteiger partial charge in [-0.25, -0.2) is 8.42 Å². The Morgan fingerprint density at radius 1 is 1.33 bits per heavy atom. The van der Waals surface area contributed by atoms with E-state index in [9.17, 15) is 8.42 Å². The van der Waals surface area contributed by atoms with E-state index in [0.29, 0.717) is 6.04 Å². The molecule has 0 saturated heterocycles. The van der Waals surface area contributed by atoms with Gasteiger partial charge in [0.05, 0.1) is 0 Å². The summed E-state index contributed by atoms with van der Waals surface area (Å²) in [7, 11) is -4.91. The number of hydrogen-bond donors (Lipinski definition) is 1. The molecule has 0 rings (SSSR count). The Kier molecular flexibility index (Phi) is 7.50. The Hall–Kier alpha value is 1.13. The van der Waals surface area contributed by atoms with E-state index in [1.807, 2.05) is 0 Å². The molecule has 0 bridgehead atoms. The third-order valence-corrected chi connectivity index (χ3v) is 4.90. The van der Waals surface area contributed by atoms with Crippen LogP contribution in [0.1, 0.15) is 27.2 Å². The fraction of sp³-hybridized carbons (Fsp3) is 1.00. The van der Waals surface area contributed by atoms with E-state index in [-0.39, 0.29) is 35.0 Å². The fourth-order valence-electron chi connectivity index (χ4n) is 0.785. The summed E-state index contributed by atoms with van der Waals surface area (Å²) >= 11 is 0. The maximum atomic E-state index is 10.3. The van der Waals surface area contributed by atoms with Crippen LogP contribution in [-0.2, 0) is 9.57 Å². The van der Waals surface area contributed by atoms with Gasteiger partial charge in [-0.15, -0.1) is 0 Å². The summed E-state index contributed by atoms with van der Waals surface area (Å²) in [5, 5.41) is 0. The van der Waals surface area contributed by atoms with Crippen molar-refractivity contribution < 1.29 is 13.0 Å². The third-order valence-electron chi connectivity index (χ3n) is 1.33. The topological polar surface area (TPSA) is 54.4 Å². The van der Waals surface area contributed by atoms with Crippen LogP contribution in [-0.4, -0.2) is 51.2 Å². The van der Waals surface area contributed by atoms with Crippen molar-refractivity contribution in [3.05, 3.63) is 0 Å². The van der Waals surface area contributed by atoms with Gasteiger partial charge in [-0.1, -0.05) is 27.2 Å². The van der Waals surface area contributed by atoms with Gasteiger partial charge in [-0.3, -0.25) is 4.55 Å². The van der Waals surface area contributed by atoms with Gasteiger partial charge in [0.1, 0.15) is 0 Å². The van der Waals surface area contributed by atoms with Crippen LogP contribution in [0.3, 0.4) is 0 Å². The van der Waals surface area contributed by atoms with Crippen molar-refractivity contribution in [1.82, 2.24) is 0 Å². The summed E-state index contributed by atoms with van der Waals surface area (Å²) in [6, 6.07) is 0.669. The molecule has 0 aromatic rings. The summed E-state index contributed by atoms with van der Waals surface area (Å²) in [6.07, 6.45) is 0.874. The summed E-state index contributed by atoms with van der Waals surface area (Å²) in [6.45, 7) is 6.18. The SMILES string of the molecule is CC(C)(C)CC[SiH2]S(=O)(=O)O.[NaH]. The monoisotopic (exact) mass is 220 g/mol. The van der Waals surface area contributed by atoms with Crippen LogP contribution in [0.5, 0.6) is 0 Å². The zero-order chi connectivity index (χ0) is 9.12. The molecule has 0 amide bonds. The van der Waals surface area contributed by atoms with Gasteiger partial charge in [-0.2, -0.15) is 0 Å². The molecule has 0 aliphatic rings.